The van der Waals surface area contributed by atoms with Crippen LogP contribution in [0.15, 0.2) is 24.3 Å². The van der Waals surface area contributed by atoms with Gasteiger partial charge in [-0.25, -0.2) is 0 Å². The number of nitrogens with zero attached hydrogens (tertiary/aromatic N) is 1. The quantitative estimate of drug-likeness (QED) is 0.824. The third kappa shape index (κ3) is 3.08. The maximum atomic E-state index is 9.18. The maximum Gasteiger partial charge on any atom is 0.115 e. The molecule has 2 nitrogen and oxygen atoms in total. The standard InChI is InChI=1S/C10H10BrNO/c11-6-9(7-12)4-8-2-1-3-10(13)5-8/h1-3,5,9,13H,4,6H2. The average molecular weight is 240 g/mol. The second-order valence-electron chi connectivity index (χ2n) is 2.85. The second kappa shape index (κ2) is 4.88. The molecule has 1 aromatic rings. The minimum atomic E-state index is -0.0261. The van der Waals surface area contributed by atoms with E-state index in [2.05, 4.69) is 22.0 Å². The van der Waals surface area contributed by atoms with Gasteiger partial charge in [-0.1, -0.05) is 28.1 Å². The molecule has 0 saturated heterocycles. The first-order chi connectivity index (χ1) is 6.26. The summed E-state index contributed by atoms with van der Waals surface area (Å²) in [5.74, 6) is 0.227. The molecule has 1 unspecified atom stereocenters. The van der Waals surface area contributed by atoms with Gasteiger partial charge in [-0.05, 0) is 24.1 Å². The van der Waals surface area contributed by atoms with E-state index in [0.29, 0.717) is 11.8 Å². The predicted molar refractivity (Wildman–Crippen MR) is 54.7 cm³/mol. The zero-order valence-corrected chi connectivity index (χ0v) is 8.66. The molecular formula is C10H10BrNO. The zero-order valence-electron chi connectivity index (χ0n) is 7.07. The van der Waals surface area contributed by atoms with E-state index in [1.807, 2.05) is 6.07 Å². The number of benzene rings is 1. The van der Waals surface area contributed by atoms with Crippen molar-refractivity contribution in [1.82, 2.24) is 0 Å². The molecule has 0 heterocycles. The lowest BCUT2D eigenvalue weighted by atomic mass is 10.0. The van der Waals surface area contributed by atoms with E-state index in [0.717, 1.165) is 5.56 Å². The molecule has 0 aliphatic heterocycles. The van der Waals surface area contributed by atoms with Gasteiger partial charge >= 0.3 is 0 Å². The van der Waals surface area contributed by atoms with Crippen molar-refractivity contribution in [2.75, 3.05) is 5.33 Å². The van der Waals surface area contributed by atoms with E-state index in [9.17, 15) is 5.11 Å². The lowest BCUT2D eigenvalue weighted by Crippen LogP contribution is -2.02. The van der Waals surface area contributed by atoms with Gasteiger partial charge in [0.25, 0.3) is 0 Å². The number of aromatic hydroxyl groups is 1. The normalized spacial score (nSPS) is 12.0. The Morgan fingerprint density at radius 1 is 1.54 bits per heavy atom. The molecule has 1 atom stereocenters. The highest BCUT2D eigenvalue weighted by Crippen LogP contribution is 2.15. The Morgan fingerprint density at radius 3 is 2.85 bits per heavy atom. The van der Waals surface area contributed by atoms with Crippen molar-refractivity contribution in [1.29, 1.82) is 5.26 Å². The minimum Gasteiger partial charge on any atom is -0.508 e. The van der Waals surface area contributed by atoms with Gasteiger partial charge < -0.3 is 5.11 Å². The number of halogens is 1. The van der Waals surface area contributed by atoms with Gasteiger partial charge in [0, 0.05) is 5.33 Å². The van der Waals surface area contributed by atoms with Gasteiger partial charge in [-0.15, -0.1) is 0 Å². The molecule has 0 fully saturated rings. The first kappa shape index (κ1) is 10.1. The van der Waals surface area contributed by atoms with Gasteiger partial charge in [0.2, 0.25) is 0 Å². The molecule has 0 aliphatic carbocycles. The molecule has 0 saturated carbocycles. The summed E-state index contributed by atoms with van der Waals surface area (Å²) in [5.41, 5.74) is 0.992. The van der Waals surface area contributed by atoms with E-state index in [-0.39, 0.29) is 11.7 Å². The number of hydrogen-bond acceptors (Lipinski definition) is 2. The van der Waals surface area contributed by atoms with Crippen LogP contribution in [-0.4, -0.2) is 10.4 Å². The number of phenolic OH excluding ortho intramolecular Hbond substituents is 1. The molecule has 1 N–H and O–H groups in total. The third-order valence-electron chi connectivity index (χ3n) is 1.76. The first-order valence-corrected chi connectivity index (χ1v) is 5.12. The molecule has 0 aliphatic rings. The molecule has 13 heavy (non-hydrogen) atoms. The number of rotatable bonds is 3. The molecule has 68 valence electrons. The predicted octanol–water partition coefficient (Wildman–Crippen LogP) is 2.47. The van der Waals surface area contributed by atoms with Crippen LogP contribution >= 0.6 is 15.9 Å². The van der Waals surface area contributed by atoms with Crippen LogP contribution in [0.25, 0.3) is 0 Å². The van der Waals surface area contributed by atoms with Crippen LogP contribution in [0.3, 0.4) is 0 Å². The van der Waals surface area contributed by atoms with Crippen LogP contribution in [0.1, 0.15) is 5.56 Å². The van der Waals surface area contributed by atoms with E-state index >= 15 is 0 Å². The van der Waals surface area contributed by atoms with Crippen molar-refractivity contribution in [3.8, 4) is 11.8 Å². The van der Waals surface area contributed by atoms with Crippen molar-refractivity contribution in [3.63, 3.8) is 0 Å². The second-order valence-corrected chi connectivity index (χ2v) is 3.50. The van der Waals surface area contributed by atoms with Gasteiger partial charge in [0.15, 0.2) is 0 Å². The van der Waals surface area contributed by atoms with Crippen molar-refractivity contribution in [2.45, 2.75) is 6.42 Å². The van der Waals surface area contributed by atoms with Crippen LogP contribution in [0.5, 0.6) is 5.75 Å². The van der Waals surface area contributed by atoms with Crippen LogP contribution in [0, 0.1) is 17.2 Å². The average Bonchev–Trinajstić information content (AvgIpc) is 2.14. The molecule has 0 amide bonds. The van der Waals surface area contributed by atoms with Crippen molar-refractivity contribution in [2.24, 2.45) is 5.92 Å². The highest BCUT2D eigenvalue weighted by Gasteiger charge is 2.06. The Labute approximate surface area is 85.9 Å². The van der Waals surface area contributed by atoms with Gasteiger partial charge in [-0.2, -0.15) is 5.26 Å². The van der Waals surface area contributed by atoms with E-state index in [4.69, 9.17) is 5.26 Å². The summed E-state index contributed by atoms with van der Waals surface area (Å²) in [5, 5.41) is 18.6. The highest BCUT2D eigenvalue weighted by atomic mass is 79.9. The number of alkyl halides is 1. The summed E-state index contributed by atoms with van der Waals surface area (Å²) in [4.78, 5) is 0. The van der Waals surface area contributed by atoms with Crippen LogP contribution in [-0.2, 0) is 6.42 Å². The lowest BCUT2D eigenvalue weighted by Gasteiger charge is -2.04. The summed E-state index contributed by atoms with van der Waals surface area (Å²) < 4.78 is 0. The van der Waals surface area contributed by atoms with Gasteiger partial charge in [-0.3, -0.25) is 0 Å². The fraction of sp³-hybridized carbons (Fsp3) is 0.300. The van der Waals surface area contributed by atoms with Crippen molar-refractivity contribution in [3.05, 3.63) is 29.8 Å². The Morgan fingerprint density at radius 2 is 2.31 bits per heavy atom. The minimum absolute atomic E-state index is 0.0261. The largest absolute Gasteiger partial charge is 0.508 e. The lowest BCUT2D eigenvalue weighted by molar-refractivity contribution is 0.474. The van der Waals surface area contributed by atoms with Crippen LogP contribution < -0.4 is 0 Å². The van der Waals surface area contributed by atoms with Gasteiger partial charge in [0.05, 0.1) is 12.0 Å². The van der Waals surface area contributed by atoms with Crippen LogP contribution in [0.4, 0.5) is 0 Å². The van der Waals surface area contributed by atoms with Crippen molar-refractivity contribution >= 4 is 15.9 Å². The molecule has 0 bridgehead atoms. The fourth-order valence-corrected chi connectivity index (χ4v) is 1.48. The molecular weight excluding hydrogens is 230 g/mol. The summed E-state index contributed by atoms with van der Waals surface area (Å²) in [6.45, 7) is 0. The van der Waals surface area contributed by atoms with E-state index < -0.39 is 0 Å². The molecule has 1 rings (SSSR count). The molecule has 0 aromatic heterocycles. The van der Waals surface area contributed by atoms with E-state index in [1.165, 1.54) is 0 Å². The zero-order chi connectivity index (χ0) is 9.68. The highest BCUT2D eigenvalue weighted by molar-refractivity contribution is 9.09. The van der Waals surface area contributed by atoms with Gasteiger partial charge in [0.1, 0.15) is 5.75 Å². The first-order valence-electron chi connectivity index (χ1n) is 3.99. The molecule has 3 heteroatoms. The fourth-order valence-electron chi connectivity index (χ4n) is 1.10. The third-order valence-corrected chi connectivity index (χ3v) is 2.54. The Kier molecular flexibility index (Phi) is 3.78. The number of hydrogen-bond donors (Lipinski definition) is 1. The van der Waals surface area contributed by atoms with Crippen LogP contribution in [0.2, 0.25) is 0 Å². The summed E-state index contributed by atoms with van der Waals surface area (Å²) in [6.07, 6.45) is 0.677. The number of phenols is 1. The maximum absolute atomic E-state index is 9.18. The summed E-state index contributed by atoms with van der Waals surface area (Å²) >= 11 is 3.27. The molecule has 0 spiro atoms. The smallest absolute Gasteiger partial charge is 0.115 e. The number of nitriles is 1. The van der Waals surface area contributed by atoms with Crippen molar-refractivity contribution < 1.29 is 5.11 Å². The monoisotopic (exact) mass is 239 g/mol. The molecule has 1 aromatic carbocycles. The topological polar surface area (TPSA) is 44.0 Å². The Hall–Kier alpha value is -1.01. The summed E-state index contributed by atoms with van der Waals surface area (Å²) in [7, 11) is 0. The summed E-state index contributed by atoms with van der Waals surface area (Å²) in [6, 6.07) is 9.20. The SMILES string of the molecule is N#CC(CBr)Cc1cccc(O)c1. The Bertz CT molecular complexity index is 319. The van der Waals surface area contributed by atoms with E-state index in [1.54, 1.807) is 18.2 Å². The molecule has 0 radical (unpaired) electrons. The Balaban J connectivity index is 2.69.